The van der Waals surface area contributed by atoms with Crippen LogP contribution in [0.2, 0.25) is 5.02 Å². The first kappa shape index (κ1) is 25.1. The molecule has 1 N–H and O–H groups in total. The van der Waals surface area contributed by atoms with Crippen molar-refractivity contribution >= 4 is 40.2 Å². The van der Waals surface area contributed by atoms with Crippen molar-refractivity contribution < 1.29 is 4.79 Å². The maximum absolute atomic E-state index is 12.1. The molecule has 0 bridgehead atoms. The van der Waals surface area contributed by atoms with Crippen LogP contribution in [-0.4, -0.2) is 95.3 Å². The number of benzene rings is 1. The van der Waals surface area contributed by atoms with Gasteiger partial charge in [-0.3, -0.25) is 9.89 Å². The van der Waals surface area contributed by atoms with Gasteiger partial charge in [0.15, 0.2) is 0 Å². The van der Waals surface area contributed by atoms with Crippen LogP contribution >= 0.6 is 11.6 Å². The van der Waals surface area contributed by atoms with Gasteiger partial charge >= 0.3 is 0 Å². The zero-order valence-corrected chi connectivity index (χ0v) is 23.1. The number of rotatable bonds is 5. The standard InChI is InChI=1S/C28H35ClN8O/c1-5-24(38)35-8-10-36(11-9-35)27-20-7-6-18(25-21-14-30-33-23(21)12-17(2)26(25)29)13-22(20)31-28(32-27)37-15-19(16-37)34(3)4/h5,12,14,18-19H,1,6-11,13,15-16H2,2-4H3,(H,30,33). The Morgan fingerprint density at radius 3 is 2.66 bits per heavy atom. The lowest BCUT2D eigenvalue weighted by Gasteiger charge is -2.44. The summed E-state index contributed by atoms with van der Waals surface area (Å²) in [5, 5.41) is 9.36. The lowest BCUT2D eigenvalue weighted by atomic mass is 9.80. The van der Waals surface area contributed by atoms with Crippen molar-refractivity contribution in [2.45, 2.75) is 38.1 Å². The zero-order chi connectivity index (χ0) is 26.6. The van der Waals surface area contributed by atoms with Crippen LogP contribution in [-0.2, 0) is 17.6 Å². The van der Waals surface area contributed by atoms with Crippen molar-refractivity contribution in [3.05, 3.63) is 52.3 Å². The van der Waals surface area contributed by atoms with Gasteiger partial charge in [0.2, 0.25) is 11.9 Å². The lowest BCUT2D eigenvalue weighted by molar-refractivity contribution is -0.126. The molecular weight excluding hydrogens is 500 g/mol. The van der Waals surface area contributed by atoms with Gasteiger partial charge in [-0.2, -0.15) is 10.1 Å². The van der Waals surface area contributed by atoms with Gasteiger partial charge in [-0.15, -0.1) is 0 Å². The monoisotopic (exact) mass is 534 g/mol. The normalized spacial score (nSPS) is 20.1. The molecule has 1 amide bonds. The maximum atomic E-state index is 12.1. The number of piperazine rings is 1. The molecule has 200 valence electrons. The molecule has 9 nitrogen and oxygen atoms in total. The first-order chi connectivity index (χ1) is 18.3. The molecule has 1 atom stereocenters. The molecule has 0 saturated carbocycles. The molecule has 0 radical (unpaired) electrons. The third kappa shape index (κ3) is 4.31. The number of nitrogens with zero attached hydrogens (tertiary/aromatic N) is 7. The number of amides is 1. The van der Waals surface area contributed by atoms with Crippen molar-refractivity contribution in [2.75, 3.05) is 63.2 Å². The third-order valence-corrected chi connectivity index (χ3v) is 9.00. The van der Waals surface area contributed by atoms with Crippen LogP contribution in [0.3, 0.4) is 0 Å². The average molecular weight is 535 g/mol. The number of carbonyl (C=O) groups excluding carboxylic acids is 1. The molecule has 2 aliphatic heterocycles. The summed E-state index contributed by atoms with van der Waals surface area (Å²) in [5.41, 5.74) is 5.63. The summed E-state index contributed by atoms with van der Waals surface area (Å²) < 4.78 is 0. The predicted octanol–water partition coefficient (Wildman–Crippen LogP) is 3.17. The Labute approximate surface area is 228 Å². The van der Waals surface area contributed by atoms with E-state index in [9.17, 15) is 4.79 Å². The fraction of sp³-hybridized carbons (Fsp3) is 0.500. The highest BCUT2D eigenvalue weighted by molar-refractivity contribution is 6.33. The highest BCUT2D eigenvalue weighted by atomic mass is 35.5. The largest absolute Gasteiger partial charge is 0.353 e. The highest BCUT2D eigenvalue weighted by Gasteiger charge is 2.35. The number of fused-ring (bicyclic) bond motifs is 2. The quantitative estimate of drug-likeness (QED) is 0.503. The molecule has 4 heterocycles. The molecule has 0 spiro atoms. The summed E-state index contributed by atoms with van der Waals surface area (Å²) in [4.78, 5) is 31.2. The molecule has 2 fully saturated rings. The Balaban J connectivity index is 1.35. The molecule has 1 aromatic carbocycles. The number of aryl methyl sites for hydroxylation is 1. The van der Waals surface area contributed by atoms with Gasteiger partial charge in [0, 0.05) is 61.3 Å². The van der Waals surface area contributed by atoms with E-state index in [-0.39, 0.29) is 11.8 Å². The highest BCUT2D eigenvalue weighted by Crippen LogP contribution is 2.42. The summed E-state index contributed by atoms with van der Waals surface area (Å²) in [6.45, 7) is 10.4. The molecule has 3 aliphatic rings. The van der Waals surface area contributed by atoms with E-state index in [1.54, 1.807) is 0 Å². The van der Waals surface area contributed by atoms with Crippen LogP contribution in [0.25, 0.3) is 10.9 Å². The van der Waals surface area contributed by atoms with E-state index in [1.165, 1.54) is 17.2 Å². The molecule has 1 unspecified atom stereocenters. The summed E-state index contributed by atoms with van der Waals surface area (Å²) in [5.74, 6) is 2.10. The van der Waals surface area contributed by atoms with Gasteiger partial charge in [0.1, 0.15) is 5.82 Å². The Hall–Kier alpha value is -3.17. The van der Waals surface area contributed by atoms with Crippen LogP contribution in [0, 0.1) is 6.92 Å². The fourth-order valence-corrected chi connectivity index (χ4v) is 6.39. The van der Waals surface area contributed by atoms with Crippen LogP contribution in [0.4, 0.5) is 11.8 Å². The summed E-state index contributed by atoms with van der Waals surface area (Å²) >= 11 is 6.92. The number of hydrogen-bond donors (Lipinski definition) is 1. The first-order valence-corrected chi connectivity index (χ1v) is 13.8. The van der Waals surface area contributed by atoms with Crippen LogP contribution in [0.5, 0.6) is 0 Å². The SMILES string of the molecule is C=CC(=O)N1CCN(c2nc(N3CC(N(C)C)C3)nc3c2CCC(c2c(Cl)c(C)cc4[nH]ncc24)C3)CC1. The Bertz CT molecular complexity index is 1390. The first-order valence-electron chi connectivity index (χ1n) is 13.4. The molecule has 6 rings (SSSR count). The molecule has 3 aromatic rings. The minimum Gasteiger partial charge on any atom is -0.353 e. The number of aromatic nitrogens is 4. The van der Waals surface area contributed by atoms with E-state index in [0.29, 0.717) is 19.1 Å². The molecule has 2 aromatic heterocycles. The summed E-state index contributed by atoms with van der Waals surface area (Å²) in [6, 6.07) is 2.59. The molecule has 10 heteroatoms. The topological polar surface area (TPSA) is 84.5 Å². The van der Waals surface area contributed by atoms with E-state index in [0.717, 1.165) is 84.4 Å². The lowest BCUT2D eigenvalue weighted by Crippen LogP contribution is -2.58. The minimum absolute atomic E-state index is 0.00574. The molecule has 2 saturated heterocycles. The average Bonchev–Trinajstić information content (AvgIpc) is 3.34. The number of hydrogen-bond acceptors (Lipinski definition) is 7. The zero-order valence-electron chi connectivity index (χ0n) is 22.4. The van der Waals surface area contributed by atoms with Crippen molar-refractivity contribution in [2.24, 2.45) is 0 Å². The van der Waals surface area contributed by atoms with Gasteiger partial charge in [0.05, 0.1) is 17.4 Å². The van der Waals surface area contributed by atoms with E-state index >= 15 is 0 Å². The number of likely N-dealkylation sites (N-methyl/N-ethyl adjacent to an activating group) is 1. The Morgan fingerprint density at radius 2 is 1.95 bits per heavy atom. The van der Waals surface area contributed by atoms with Crippen molar-refractivity contribution in [1.29, 1.82) is 0 Å². The Kier molecular flexibility index (Phi) is 6.52. The van der Waals surface area contributed by atoms with Gasteiger partial charge < -0.3 is 19.6 Å². The number of aromatic amines is 1. The van der Waals surface area contributed by atoms with Crippen LogP contribution in [0.1, 0.15) is 34.7 Å². The van der Waals surface area contributed by atoms with E-state index in [2.05, 4.69) is 58.6 Å². The molecular formula is C28H35ClN8O. The predicted molar refractivity (Wildman–Crippen MR) is 151 cm³/mol. The summed E-state index contributed by atoms with van der Waals surface area (Å²) in [7, 11) is 4.25. The summed E-state index contributed by atoms with van der Waals surface area (Å²) in [6.07, 6.45) is 5.99. The number of anilines is 2. The van der Waals surface area contributed by atoms with Gasteiger partial charge in [-0.1, -0.05) is 18.2 Å². The second kappa shape index (κ2) is 9.85. The van der Waals surface area contributed by atoms with Crippen LogP contribution in [0.15, 0.2) is 24.9 Å². The van der Waals surface area contributed by atoms with Gasteiger partial charge in [0.25, 0.3) is 0 Å². The molecule has 1 aliphatic carbocycles. The van der Waals surface area contributed by atoms with E-state index in [1.807, 2.05) is 11.1 Å². The van der Waals surface area contributed by atoms with Gasteiger partial charge in [-0.05, 0) is 69.5 Å². The van der Waals surface area contributed by atoms with Crippen molar-refractivity contribution in [3.8, 4) is 0 Å². The van der Waals surface area contributed by atoms with Crippen molar-refractivity contribution in [1.82, 2.24) is 30.0 Å². The number of halogens is 1. The smallest absolute Gasteiger partial charge is 0.246 e. The Morgan fingerprint density at radius 1 is 1.18 bits per heavy atom. The second-order valence-electron chi connectivity index (χ2n) is 11.0. The van der Waals surface area contributed by atoms with E-state index in [4.69, 9.17) is 21.6 Å². The molecule has 38 heavy (non-hydrogen) atoms. The fourth-order valence-electron chi connectivity index (χ4n) is 6.08. The van der Waals surface area contributed by atoms with Crippen LogP contribution < -0.4 is 9.80 Å². The third-order valence-electron chi connectivity index (χ3n) is 8.49. The number of H-pyrrole nitrogens is 1. The number of nitrogens with one attached hydrogen (secondary N) is 1. The second-order valence-corrected chi connectivity index (χ2v) is 11.4. The minimum atomic E-state index is -0.00574. The van der Waals surface area contributed by atoms with E-state index < -0.39 is 0 Å². The van der Waals surface area contributed by atoms with Crippen molar-refractivity contribution in [3.63, 3.8) is 0 Å². The van der Waals surface area contributed by atoms with Gasteiger partial charge in [-0.25, -0.2) is 4.98 Å². The maximum Gasteiger partial charge on any atom is 0.246 e. The number of carbonyl (C=O) groups is 1.